The van der Waals surface area contributed by atoms with Crippen LogP contribution in [0.5, 0.6) is 0 Å². The number of Topliss-reactive ketones (excluding diaryl/α,β-unsaturated/α-hetero) is 1. The van der Waals surface area contributed by atoms with Crippen molar-refractivity contribution in [3.05, 3.63) is 41.5 Å². The molecule has 0 atom stereocenters. The van der Waals surface area contributed by atoms with Crippen LogP contribution >= 0.6 is 11.8 Å². The van der Waals surface area contributed by atoms with Gasteiger partial charge in [-0.2, -0.15) is 0 Å². The highest BCUT2D eigenvalue weighted by atomic mass is 32.2. The van der Waals surface area contributed by atoms with Crippen molar-refractivity contribution >= 4 is 17.5 Å². The minimum absolute atomic E-state index is 0.108. The van der Waals surface area contributed by atoms with E-state index in [-0.39, 0.29) is 23.8 Å². The fraction of sp³-hybridized carbons (Fsp3) is 0.400. The summed E-state index contributed by atoms with van der Waals surface area (Å²) in [4.78, 5) is 11.9. The first-order valence-corrected chi connectivity index (χ1v) is 7.86. The number of nitrogen functional groups attached to an aromatic ring is 1. The molecule has 0 bridgehead atoms. The van der Waals surface area contributed by atoms with Gasteiger partial charge in [0.2, 0.25) is 5.16 Å². The predicted octanol–water partition coefficient (Wildman–Crippen LogP) is 2.43. The average molecular weight is 322 g/mol. The number of benzene rings is 1. The van der Waals surface area contributed by atoms with Crippen molar-refractivity contribution in [3.8, 4) is 0 Å². The monoisotopic (exact) mass is 322 g/mol. The zero-order valence-electron chi connectivity index (χ0n) is 12.8. The summed E-state index contributed by atoms with van der Waals surface area (Å²) in [6.45, 7) is 5.60. The molecule has 2 aromatic rings. The molecule has 7 heteroatoms. The third kappa shape index (κ3) is 3.85. The maximum Gasteiger partial charge on any atom is 0.210 e. The number of hydrogen-bond acceptors (Lipinski definition) is 5. The Morgan fingerprint density at radius 2 is 2.00 bits per heavy atom. The fourth-order valence-corrected chi connectivity index (χ4v) is 2.72. The van der Waals surface area contributed by atoms with Crippen molar-refractivity contribution in [2.75, 3.05) is 11.6 Å². The number of hydrogen-bond donors (Lipinski definition) is 1. The van der Waals surface area contributed by atoms with E-state index in [1.807, 2.05) is 20.8 Å². The summed E-state index contributed by atoms with van der Waals surface area (Å²) in [5.41, 5.74) is 0.103. The number of halogens is 1. The van der Waals surface area contributed by atoms with Crippen molar-refractivity contribution in [1.29, 1.82) is 0 Å². The Hall–Kier alpha value is -1.89. The van der Waals surface area contributed by atoms with Gasteiger partial charge in [0, 0.05) is 11.8 Å². The Labute approximate surface area is 133 Å². The van der Waals surface area contributed by atoms with Crippen LogP contribution < -0.4 is 5.84 Å². The molecule has 0 aliphatic carbocycles. The zero-order valence-corrected chi connectivity index (χ0v) is 13.7. The smallest absolute Gasteiger partial charge is 0.210 e. The van der Waals surface area contributed by atoms with Gasteiger partial charge in [-0.05, 0) is 11.6 Å². The second-order valence-electron chi connectivity index (χ2n) is 6.00. The molecule has 1 aromatic heterocycles. The Morgan fingerprint density at radius 1 is 1.32 bits per heavy atom. The highest BCUT2D eigenvalue weighted by Crippen LogP contribution is 2.22. The van der Waals surface area contributed by atoms with Crippen LogP contribution in [0.4, 0.5) is 4.39 Å². The largest absolute Gasteiger partial charge is 0.336 e. The second kappa shape index (κ2) is 6.48. The van der Waals surface area contributed by atoms with E-state index in [2.05, 4.69) is 10.2 Å². The van der Waals surface area contributed by atoms with E-state index in [0.717, 1.165) is 0 Å². The van der Waals surface area contributed by atoms with E-state index in [1.165, 1.54) is 22.5 Å². The molecule has 0 saturated carbocycles. The quantitative estimate of drug-likeness (QED) is 0.676. The third-order valence-corrected chi connectivity index (χ3v) is 4.15. The molecular weight excluding hydrogens is 303 g/mol. The summed E-state index contributed by atoms with van der Waals surface area (Å²) in [6, 6.07) is 6.46. The van der Waals surface area contributed by atoms with E-state index in [0.29, 0.717) is 16.5 Å². The molecule has 0 amide bonds. The molecule has 0 saturated heterocycles. The van der Waals surface area contributed by atoms with E-state index >= 15 is 0 Å². The highest BCUT2D eigenvalue weighted by molar-refractivity contribution is 7.99. The van der Waals surface area contributed by atoms with E-state index < -0.39 is 5.41 Å². The van der Waals surface area contributed by atoms with Crippen LogP contribution in [0.25, 0.3) is 0 Å². The lowest BCUT2D eigenvalue weighted by Gasteiger charge is -2.15. The summed E-state index contributed by atoms with van der Waals surface area (Å²) in [6.07, 6.45) is 0.254. The van der Waals surface area contributed by atoms with Gasteiger partial charge in [0.15, 0.2) is 5.82 Å². The molecule has 1 aromatic carbocycles. The molecule has 0 aliphatic heterocycles. The van der Waals surface area contributed by atoms with Gasteiger partial charge in [0.25, 0.3) is 0 Å². The molecule has 5 nitrogen and oxygen atoms in total. The minimum Gasteiger partial charge on any atom is -0.336 e. The van der Waals surface area contributed by atoms with Gasteiger partial charge in [0.1, 0.15) is 11.6 Å². The first-order valence-electron chi connectivity index (χ1n) is 6.88. The fourth-order valence-electron chi connectivity index (χ4n) is 1.68. The Bertz CT molecular complexity index is 678. The van der Waals surface area contributed by atoms with Crippen molar-refractivity contribution in [1.82, 2.24) is 14.9 Å². The van der Waals surface area contributed by atoms with Gasteiger partial charge in [0.05, 0.1) is 5.75 Å². The molecule has 22 heavy (non-hydrogen) atoms. The lowest BCUT2D eigenvalue weighted by Crippen LogP contribution is -2.22. The number of carbonyl (C=O) groups is 1. The SMILES string of the molecule is CC(C)(C)C(=O)CSc1nnc(Cc2ccccc2F)n1N. The maximum absolute atomic E-state index is 13.7. The average Bonchev–Trinajstić information content (AvgIpc) is 2.79. The Kier molecular flexibility index (Phi) is 4.85. The molecule has 0 spiro atoms. The first kappa shape index (κ1) is 16.5. The van der Waals surface area contributed by atoms with E-state index in [4.69, 9.17) is 5.84 Å². The predicted molar refractivity (Wildman–Crippen MR) is 84.6 cm³/mol. The van der Waals surface area contributed by atoms with Crippen molar-refractivity contribution in [2.24, 2.45) is 5.41 Å². The van der Waals surface area contributed by atoms with Crippen molar-refractivity contribution < 1.29 is 9.18 Å². The summed E-state index contributed by atoms with van der Waals surface area (Å²) < 4.78 is 15.0. The number of thioether (sulfide) groups is 1. The molecule has 1 heterocycles. The van der Waals surface area contributed by atoms with Crippen molar-refractivity contribution in [2.45, 2.75) is 32.3 Å². The van der Waals surface area contributed by atoms with E-state index in [1.54, 1.807) is 18.2 Å². The van der Waals surface area contributed by atoms with E-state index in [9.17, 15) is 9.18 Å². The number of nitrogens with two attached hydrogens (primary N) is 1. The van der Waals surface area contributed by atoms with Gasteiger partial charge in [-0.3, -0.25) is 4.79 Å². The number of ketones is 1. The molecule has 2 N–H and O–H groups in total. The number of aromatic nitrogens is 3. The zero-order chi connectivity index (χ0) is 16.3. The van der Waals surface area contributed by atoms with Crippen LogP contribution in [-0.4, -0.2) is 26.4 Å². The summed E-state index contributed by atoms with van der Waals surface area (Å²) in [5, 5.41) is 8.40. The van der Waals surface area contributed by atoms with Gasteiger partial charge in [-0.1, -0.05) is 50.7 Å². The van der Waals surface area contributed by atoms with Gasteiger partial charge < -0.3 is 5.84 Å². The lowest BCUT2D eigenvalue weighted by atomic mass is 9.92. The Morgan fingerprint density at radius 3 is 2.64 bits per heavy atom. The molecule has 0 fully saturated rings. The second-order valence-corrected chi connectivity index (χ2v) is 6.94. The number of rotatable bonds is 5. The van der Waals surface area contributed by atoms with Gasteiger partial charge in [-0.15, -0.1) is 10.2 Å². The third-order valence-electron chi connectivity index (χ3n) is 3.21. The molecule has 0 radical (unpaired) electrons. The van der Waals surface area contributed by atoms with Crippen LogP contribution in [0.2, 0.25) is 0 Å². The molecule has 118 valence electrons. The van der Waals surface area contributed by atoms with Gasteiger partial charge in [-0.25, -0.2) is 9.07 Å². The van der Waals surface area contributed by atoms with Crippen LogP contribution in [0.1, 0.15) is 32.2 Å². The van der Waals surface area contributed by atoms with Crippen LogP contribution in [-0.2, 0) is 11.2 Å². The maximum atomic E-state index is 13.7. The van der Waals surface area contributed by atoms with Crippen LogP contribution in [0, 0.1) is 11.2 Å². The summed E-state index contributed by atoms with van der Waals surface area (Å²) in [5.74, 6) is 6.47. The summed E-state index contributed by atoms with van der Waals surface area (Å²) in [7, 11) is 0. The highest BCUT2D eigenvalue weighted by Gasteiger charge is 2.22. The normalized spacial score (nSPS) is 11.6. The topological polar surface area (TPSA) is 73.8 Å². The van der Waals surface area contributed by atoms with Crippen molar-refractivity contribution in [3.63, 3.8) is 0 Å². The van der Waals surface area contributed by atoms with Crippen LogP contribution in [0.15, 0.2) is 29.4 Å². The summed E-state index contributed by atoms with van der Waals surface area (Å²) >= 11 is 1.24. The Balaban J connectivity index is 2.07. The molecule has 2 rings (SSSR count). The number of carbonyl (C=O) groups excluding carboxylic acids is 1. The lowest BCUT2D eigenvalue weighted by molar-refractivity contribution is -0.123. The van der Waals surface area contributed by atoms with Crippen LogP contribution in [0.3, 0.4) is 0 Å². The standard InChI is InChI=1S/C15H19FN4OS/c1-15(2,3)12(21)9-22-14-19-18-13(20(14)17)8-10-6-4-5-7-11(10)16/h4-7H,8-9,17H2,1-3H3. The molecule has 0 unspecified atom stereocenters. The van der Waals surface area contributed by atoms with Gasteiger partial charge >= 0.3 is 0 Å². The molecular formula is C15H19FN4OS. The number of nitrogens with zero attached hydrogens (tertiary/aromatic N) is 3. The molecule has 0 aliphatic rings. The first-order chi connectivity index (χ1) is 10.3. The minimum atomic E-state index is -0.400.